The first kappa shape index (κ1) is 26.0. The summed E-state index contributed by atoms with van der Waals surface area (Å²) >= 11 is 15.6. The Hall–Kier alpha value is -3.11. The highest BCUT2D eigenvalue weighted by atomic mass is 79.9. The molecule has 4 aromatic rings. The molecule has 0 saturated carbocycles. The lowest BCUT2D eigenvalue weighted by Gasteiger charge is -2.14. The number of sulfonamides is 1. The monoisotopic (exact) mass is 605 g/mol. The average molecular weight is 607 g/mol. The fourth-order valence-corrected chi connectivity index (χ4v) is 4.78. The number of anilines is 2. The number of nitrogens with zero attached hydrogens (tertiary/aromatic N) is 1. The summed E-state index contributed by atoms with van der Waals surface area (Å²) in [5, 5.41) is 3.36. The van der Waals surface area contributed by atoms with Gasteiger partial charge >= 0.3 is 0 Å². The Balaban J connectivity index is 1.55. The quantitative estimate of drug-likeness (QED) is 0.230. The molecule has 1 heterocycles. The summed E-state index contributed by atoms with van der Waals surface area (Å²) in [7, 11) is -4.04. The van der Waals surface area contributed by atoms with E-state index in [0.717, 1.165) is 4.47 Å². The highest BCUT2D eigenvalue weighted by Gasteiger charge is 2.20. The zero-order valence-corrected chi connectivity index (χ0v) is 22.5. The third-order valence-corrected chi connectivity index (χ3v) is 7.70. The number of aromatic nitrogens is 1. The number of carbonyl (C=O) groups is 1. The maximum atomic E-state index is 13.1. The predicted octanol–water partition coefficient (Wildman–Crippen LogP) is 7.30. The van der Waals surface area contributed by atoms with Crippen LogP contribution >= 0.6 is 39.1 Å². The van der Waals surface area contributed by atoms with Crippen LogP contribution in [0, 0.1) is 6.92 Å². The first-order chi connectivity index (χ1) is 17.1. The molecule has 1 aromatic heterocycles. The molecule has 0 spiro atoms. The van der Waals surface area contributed by atoms with Crippen molar-refractivity contribution in [3.05, 3.63) is 105 Å². The van der Waals surface area contributed by atoms with E-state index in [-0.39, 0.29) is 21.2 Å². The molecule has 0 atom stereocenters. The Bertz CT molecular complexity index is 1550. The van der Waals surface area contributed by atoms with Crippen LogP contribution in [0.2, 0.25) is 10.0 Å². The molecule has 2 N–H and O–H groups in total. The molecule has 184 valence electrons. The van der Waals surface area contributed by atoms with Gasteiger partial charge in [-0.2, -0.15) is 0 Å². The minimum atomic E-state index is -4.04. The van der Waals surface area contributed by atoms with Gasteiger partial charge in [0.05, 0.1) is 26.9 Å². The standard InChI is InChI=1S/C25H18BrCl2N3O4S/c1-15-20(26)11-13-24(29-15)30-25(32)19-14-16(27)6-12-22(19)31-36(33,34)18-9-7-17(8-10-18)35-23-5-3-2-4-21(23)28/h2-14,31H,1H3,(H,29,30,32). The van der Waals surface area contributed by atoms with Gasteiger partial charge in [-0.15, -0.1) is 0 Å². The van der Waals surface area contributed by atoms with Gasteiger partial charge in [0.2, 0.25) is 0 Å². The average Bonchev–Trinajstić information content (AvgIpc) is 2.84. The molecule has 0 aliphatic heterocycles. The number of ether oxygens (including phenoxy) is 1. The van der Waals surface area contributed by atoms with Crippen LogP contribution in [0.1, 0.15) is 16.1 Å². The Morgan fingerprint density at radius 1 is 0.972 bits per heavy atom. The van der Waals surface area contributed by atoms with Crippen molar-refractivity contribution in [2.45, 2.75) is 11.8 Å². The van der Waals surface area contributed by atoms with E-state index in [9.17, 15) is 13.2 Å². The number of hydrogen-bond donors (Lipinski definition) is 2. The van der Waals surface area contributed by atoms with Crippen LogP contribution in [0.5, 0.6) is 11.5 Å². The van der Waals surface area contributed by atoms with Gasteiger partial charge in [0.1, 0.15) is 17.3 Å². The van der Waals surface area contributed by atoms with E-state index in [1.54, 1.807) is 43.3 Å². The Morgan fingerprint density at radius 2 is 1.69 bits per heavy atom. The van der Waals surface area contributed by atoms with Crippen LogP contribution in [-0.4, -0.2) is 19.3 Å². The van der Waals surface area contributed by atoms with Crippen molar-refractivity contribution in [3.8, 4) is 11.5 Å². The molecule has 4 rings (SSSR count). The zero-order chi connectivity index (χ0) is 25.9. The second-order valence-electron chi connectivity index (χ2n) is 7.52. The topological polar surface area (TPSA) is 97.4 Å². The van der Waals surface area contributed by atoms with E-state index in [2.05, 4.69) is 31.0 Å². The van der Waals surface area contributed by atoms with E-state index in [1.807, 2.05) is 0 Å². The molecular weight excluding hydrogens is 589 g/mol. The number of aryl methyl sites for hydroxylation is 1. The highest BCUT2D eigenvalue weighted by Crippen LogP contribution is 2.30. The third kappa shape index (κ3) is 6.17. The van der Waals surface area contributed by atoms with E-state index in [4.69, 9.17) is 27.9 Å². The maximum Gasteiger partial charge on any atom is 0.261 e. The fraction of sp³-hybridized carbons (Fsp3) is 0.0400. The van der Waals surface area contributed by atoms with Gasteiger partial charge in [-0.1, -0.05) is 35.3 Å². The summed E-state index contributed by atoms with van der Waals surface area (Å²) in [4.78, 5) is 17.2. The molecular formula is C25H18BrCl2N3O4S. The first-order valence-corrected chi connectivity index (χ1v) is 13.4. The van der Waals surface area contributed by atoms with E-state index in [1.165, 1.54) is 42.5 Å². The van der Waals surface area contributed by atoms with Crippen LogP contribution in [0.25, 0.3) is 0 Å². The molecule has 36 heavy (non-hydrogen) atoms. The molecule has 0 bridgehead atoms. The number of amides is 1. The number of pyridine rings is 1. The van der Waals surface area contributed by atoms with Gasteiger partial charge in [-0.3, -0.25) is 9.52 Å². The van der Waals surface area contributed by atoms with E-state index >= 15 is 0 Å². The Labute approximate surface area is 226 Å². The van der Waals surface area contributed by atoms with Crippen LogP contribution in [0.3, 0.4) is 0 Å². The smallest absolute Gasteiger partial charge is 0.261 e. The molecule has 11 heteroatoms. The van der Waals surface area contributed by atoms with E-state index in [0.29, 0.717) is 28.0 Å². The number of rotatable bonds is 7. The van der Waals surface area contributed by atoms with Crippen LogP contribution < -0.4 is 14.8 Å². The van der Waals surface area contributed by atoms with Gasteiger partial charge < -0.3 is 10.1 Å². The lowest BCUT2D eigenvalue weighted by Crippen LogP contribution is -2.19. The van der Waals surface area contributed by atoms with Crippen molar-refractivity contribution in [1.82, 2.24) is 4.98 Å². The van der Waals surface area contributed by atoms with Crippen molar-refractivity contribution in [1.29, 1.82) is 0 Å². The minimum absolute atomic E-state index is 0.0273. The van der Waals surface area contributed by atoms with Crippen molar-refractivity contribution in [3.63, 3.8) is 0 Å². The maximum absolute atomic E-state index is 13.1. The minimum Gasteiger partial charge on any atom is -0.456 e. The van der Waals surface area contributed by atoms with Crippen molar-refractivity contribution in [2.75, 3.05) is 10.0 Å². The first-order valence-electron chi connectivity index (χ1n) is 10.4. The van der Waals surface area contributed by atoms with Crippen molar-refractivity contribution < 1.29 is 17.9 Å². The summed E-state index contributed by atoms with van der Waals surface area (Å²) in [5.41, 5.74) is 0.774. The number of carbonyl (C=O) groups excluding carboxylic acids is 1. The van der Waals surface area contributed by atoms with Crippen molar-refractivity contribution in [2.24, 2.45) is 0 Å². The Morgan fingerprint density at radius 3 is 2.39 bits per heavy atom. The van der Waals surface area contributed by atoms with Gasteiger partial charge in [0.15, 0.2) is 0 Å². The lowest BCUT2D eigenvalue weighted by molar-refractivity contribution is 0.102. The molecule has 0 unspecified atom stereocenters. The summed E-state index contributed by atoms with van der Waals surface area (Å²) < 4.78 is 35.1. The summed E-state index contributed by atoms with van der Waals surface area (Å²) in [6, 6.07) is 20.4. The largest absolute Gasteiger partial charge is 0.456 e. The lowest BCUT2D eigenvalue weighted by atomic mass is 10.1. The van der Waals surface area contributed by atoms with Gasteiger partial charge in [-0.05, 0) is 89.6 Å². The molecule has 3 aromatic carbocycles. The number of halogens is 3. The van der Waals surface area contributed by atoms with Crippen molar-refractivity contribution >= 4 is 66.6 Å². The molecule has 0 saturated heterocycles. The molecule has 0 fully saturated rings. The normalized spacial score (nSPS) is 11.1. The number of nitrogens with one attached hydrogen (secondary N) is 2. The molecule has 0 aliphatic carbocycles. The zero-order valence-electron chi connectivity index (χ0n) is 18.6. The second-order valence-corrected chi connectivity index (χ2v) is 10.9. The van der Waals surface area contributed by atoms with Gasteiger partial charge in [-0.25, -0.2) is 13.4 Å². The van der Waals surface area contributed by atoms with E-state index < -0.39 is 15.9 Å². The third-order valence-electron chi connectivity index (χ3n) is 4.93. The summed E-state index contributed by atoms with van der Waals surface area (Å²) in [5.74, 6) is 0.586. The molecule has 0 radical (unpaired) electrons. The van der Waals surface area contributed by atoms with Crippen LogP contribution in [-0.2, 0) is 10.0 Å². The molecule has 0 aliphatic rings. The Kier molecular flexibility index (Phi) is 7.85. The molecule has 1 amide bonds. The number of benzene rings is 3. The molecule has 7 nitrogen and oxygen atoms in total. The summed E-state index contributed by atoms with van der Waals surface area (Å²) in [6.07, 6.45) is 0. The van der Waals surface area contributed by atoms with Crippen LogP contribution in [0.15, 0.2) is 88.2 Å². The second kappa shape index (κ2) is 10.9. The van der Waals surface area contributed by atoms with Gasteiger partial charge in [0.25, 0.3) is 15.9 Å². The number of para-hydroxylation sites is 1. The fourth-order valence-electron chi connectivity index (χ4n) is 3.14. The SMILES string of the molecule is Cc1nc(NC(=O)c2cc(Cl)ccc2NS(=O)(=O)c2ccc(Oc3ccccc3Cl)cc2)ccc1Br. The summed E-state index contributed by atoms with van der Waals surface area (Å²) in [6.45, 7) is 1.78. The number of hydrogen-bond acceptors (Lipinski definition) is 5. The van der Waals surface area contributed by atoms with Gasteiger partial charge in [0, 0.05) is 9.50 Å². The van der Waals surface area contributed by atoms with Crippen LogP contribution in [0.4, 0.5) is 11.5 Å². The highest BCUT2D eigenvalue weighted by molar-refractivity contribution is 9.10. The predicted molar refractivity (Wildman–Crippen MR) is 145 cm³/mol.